The van der Waals surface area contributed by atoms with Crippen molar-refractivity contribution in [2.24, 2.45) is 10.8 Å². The van der Waals surface area contributed by atoms with Crippen molar-refractivity contribution in [2.75, 3.05) is 0 Å². The summed E-state index contributed by atoms with van der Waals surface area (Å²) in [6.07, 6.45) is 10.3. The van der Waals surface area contributed by atoms with Crippen LogP contribution in [0.5, 0.6) is 0 Å². The molecule has 21 heavy (non-hydrogen) atoms. The van der Waals surface area contributed by atoms with Crippen LogP contribution in [-0.4, -0.2) is 22.2 Å². The Morgan fingerprint density at radius 2 is 1.43 bits per heavy atom. The van der Waals surface area contributed by atoms with Crippen LogP contribution in [0.3, 0.4) is 0 Å². The lowest BCUT2D eigenvalue weighted by Gasteiger charge is -2.46. The molecular weight excluding hydrogens is 268 g/mol. The fraction of sp³-hybridized carbons (Fsp3) is 0.765. The first-order chi connectivity index (χ1) is 9.97. The highest BCUT2D eigenvalue weighted by atomic mass is 16.4. The van der Waals surface area contributed by atoms with E-state index >= 15 is 0 Å². The first-order valence-electron chi connectivity index (χ1n) is 8.08. The molecular formula is C17H28O4. The Kier molecular flexibility index (Phi) is 6.43. The fourth-order valence-corrected chi connectivity index (χ4v) is 3.66. The third-order valence-electron chi connectivity index (χ3n) is 5.14. The molecule has 120 valence electrons. The molecule has 2 atom stereocenters. The van der Waals surface area contributed by atoms with Crippen LogP contribution in [0.2, 0.25) is 0 Å². The van der Waals surface area contributed by atoms with Gasteiger partial charge in [0.2, 0.25) is 0 Å². The second-order valence-corrected chi connectivity index (χ2v) is 6.17. The van der Waals surface area contributed by atoms with Gasteiger partial charge in [0.15, 0.2) is 0 Å². The summed E-state index contributed by atoms with van der Waals surface area (Å²) in [4.78, 5) is 23.8. The minimum Gasteiger partial charge on any atom is -0.481 e. The highest BCUT2D eigenvalue weighted by Crippen LogP contribution is 2.54. The van der Waals surface area contributed by atoms with Gasteiger partial charge >= 0.3 is 11.9 Å². The Morgan fingerprint density at radius 3 is 1.90 bits per heavy atom. The number of aliphatic carboxylic acids is 2. The van der Waals surface area contributed by atoms with E-state index in [1.165, 1.54) is 0 Å². The van der Waals surface area contributed by atoms with Gasteiger partial charge in [-0.25, -0.2) is 0 Å². The van der Waals surface area contributed by atoms with Gasteiger partial charge < -0.3 is 10.2 Å². The van der Waals surface area contributed by atoms with E-state index in [0.717, 1.165) is 32.1 Å². The number of allylic oxidation sites excluding steroid dienone is 2. The van der Waals surface area contributed by atoms with Crippen molar-refractivity contribution in [3.8, 4) is 0 Å². The Labute approximate surface area is 127 Å². The van der Waals surface area contributed by atoms with Gasteiger partial charge in [-0.15, -0.1) is 0 Å². The smallest absolute Gasteiger partial charge is 0.311 e. The average molecular weight is 296 g/mol. The van der Waals surface area contributed by atoms with E-state index in [4.69, 9.17) is 0 Å². The van der Waals surface area contributed by atoms with Crippen LogP contribution in [0.15, 0.2) is 12.2 Å². The molecule has 0 amide bonds. The summed E-state index contributed by atoms with van der Waals surface area (Å²) in [6.45, 7) is 3.93. The number of hydrogen-bond donors (Lipinski definition) is 2. The number of carboxylic acids is 2. The molecule has 2 unspecified atom stereocenters. The standard InChI is InChI=1S/C17H28O4/c1-3-5-6-7-8-12-17(15(20)21)13-10-9-11-16(17,4-2)14(18)19/h9-10H,3-8,11-13H2,1-2H3,(H,18,19)(H,20,21). The summed E-state index contributed by atoms with van der Waals surface area (Å²) in [6, 6.07) is 0. The van der Waals surface area contributed by atoms with Crippen molar-refractivity contribution in [3.05, 3.63) is 12.2 Å². The van der Waals surface area contributed by atoms with Crippen molar-refractivity contribution >= 4 is 11.9 Å². The molecule has 0 aromatic carbocycles. The summed E-state index contributed by atoms with van der Waals surface area (Å²) in [5.41, 5.74) is -2.33. The van der Waals surface area contributed by atoms with Gasteiger partial charge in [-0.3, -0.25) is 9.59 Å². The van der Waals surface area contributed by atoms with E-state index in [9.17, 15) is 19.8 Å². The van der Waals surface area contributed by atoms with Gasteiger partial charge in [-0.05, 0) is 25.7 Å². The Morgan fingerprint density at radius 1 is 0.905 bits per heavy atom. The summed E-state index contributed by atoms with van der Waals surface area (Å²) < 4.78 is 0. The predicted molar refractivity (Wildman–Crippen MR) is 82.2 cm³/mol. The van der Waals surface area contributed by atoms with Gasteiger partial charge in [0, 0.05) is 0 Å². The first-order valence-corrected chi connectivity index (χ1v) is 8.08. The minimum absolute atomic E-state index is 0.320. The van der Waals surface area contributed by atoms with Gasteiger partial charge in [-0.2, -0.15) is 0 Å². The lowest BCUT2D eigenvalue weighted by molar-refractivity contribution is -0.176. The van der Waals surface area contributed by atoms with Crippen LogP contribution in [0.25, 0.3) is 0 Å². The minimum atomic E-state index is -1.17. The maximum atomic E-state index is 12.0. The Balaban J connectivity index is 2.97. The third-order valence-corrected chi connectivity index (χ3v) is 5.14. The summed E-state index contributed by atoms with van der Waals surface area (Å²) in [5.74, 6) is -1.92. The lowest BCUT2D eigenvalue weighted by Crippen LogP contribution is -2.53. The zero-order valence-corrected chi connectivity index (χ0v) is 13.2. The van der Waals surface area contributed by atoms with Gasteiger partial charge in [0.05, 0.1) is 10.8 Å². The van der Waals surface area contributed by atoms with Gasteiger partial charge in [-0.1, -0.05) is 58.1 Å². The normalized spacial score (nSPS) is 28.5. The molecule has 0 aromatic heterocycles. The molecule has 0 saturated carbocycles. The number of rotatable bonds is 9. The first kappa shape index (κ1) is 17.7. The molecule has 0 aromatic rings. The van der Waals surface area contributed by atoms with Crippen molar-refractivity contribution in [1.82, 2.24) is 0 Å². The SMILES string of the molecule is CCCCCCCC1(C(=O)O)CC=CCC1(CC)C(=O)O. The molecule has 0 bridgehead atoms. The molecule has 4 nitrogen and oxygen atoms in total. The molecule has 1 aliphatic carbocycles. The second-order valence-electron chi connectivity index (χ2n) is 6.17. The molecule has 0 heterocycles. The van der Waals surface area contributed by atoms with Crippen molar-refractivity contribution in [1.29, 1.82) is 0 Å². The van der Waals surface area contributed by atoms with Gasteiger partial charge in [0.25, 0.3) is 0 Å². The van der Waals surface area contributed by atoms with E-state index in [1.807, 2.05) is 12.2 Å². The van der Waals surface area contributed by atoms with Gasteiger partial charge in [0.1, 0.15) is 0 Å². The zero-order valence-electron chi connectivity index (χ0n) is 13.2. The zero-order chi connectivity index (χ0) is 15.9. The van der Waals surface area contributed by atoms with Crippen LogP contribution in [0.4, 0.5) is 0 Å². The molecule has 0 radical (unpaired) electrons. The number of carbonyl (C=O) groups is 2. The molecule has 0 saturated heterocycles. The lowest BCUT2D eigenvalue weighted by atomic mass is 9.54. The van der Waals surface area contributed by atoms with E-state index in [-0.39, 0.29) is 0 Å². The van der Waals surface area contributed by atoms with Crippen LogP contribution in [0, 0.1) is 10.8 Å². The molecule has 1 aliphatic rings. The van der Waals surface area contributed by atoms with Crippen molar-refractivity contribution < 1.29 is 19.8 Å². The van der Waals surface area contributed by atoms with Crippen molar-refractivity contribution in [2.45, 2.75) is 71.6 Å². The highest BCUT2D eigenvalue weighted by molar-refractivity contribution is 5.87. The summed E-state index contributed by atoms with van der Waals surface area (Å²) in [7, 11) is 0. The second kappa shape index (κ2) is 7.62. The number of unbranched alkanes of at least 4 members (excludes halogenated alkanes) is 4. The molecule has 1 rings (SSSR count). The monoisotopic (exact) mass is 296 g/mol. The maximum Gasteiger partial charge on any atom is 0.311 e. The topological polar surface area (TPSA) is 74.6 Å². The molecule has 0 aliphatic heterocycles. The Bertz CT molecular complexity index is 402. The molecule has 0 fully saturated rings. The van der Waals surface area contributed by atoms with Crippen LogP contribution in [-0.2, 0) is 9.59 Å². The van der Waals surface area contributed by atoms with E-state index in [1.54, 1.807) is 6.92 Å². The predicted octanol–water partition coefficient (Wildman–Crippen LogP) is 4.25. The summed E-state index contributed by atoms with van der Waals surface area (Å²) in [5, 5.41) is 19.5. The van der Waals surface area contributed by atoms with Crippen LogP contribution >= 0.6 is 0 Å². The van der Waals surface area contributed by atoms with E-state index < -0.39 is 22.8 Å². The summed E-state index contributed by atoms with van der Waals surface area (Å²) >= 11 is 0. The van der Waals surface area contributed by atoms with Crippen LogP contribution < -0.4 is 0 Å². The van der Waals surface area contributed by atoms with E-state index in [2.05, 4.69) is 6.92 Å². The van der Waals surface area contributed by atoms with E-state index in [0.29, 0.717) is 25.7 Å². The maximum absolute atomic E-state index is 12.0. The molecule has 2 N–H and O–H groups in total. The Hall–Kier alpha value is -1.32. The quantitative estimate of drug-likeness (QED) is 0.492. The number of hydrogen-bond acceptors (Lipinski definition) is 2. The van der Waals surface area contributed by atoms with Crippen molar-refractivity contribution in [3.63, 3.8) is 0 Å². The highest BCUT2D eigenvalue weighted by Gasteiger charge is 2.59. The molecule has 4 heteroatoms. The average Bonchev–Trinajstić information content (AvgIpc) is 2.46. The van der Waals surface area contributed by atoms with Crippen LogP contribution in [0.1, 0.15) is 71.6 Å². The number of carboxylic acid groups (broad SMARTS) is 2. The third kappa shape index (κ3) is 3.30. The molecule has 0 spiro atoms. The fourth-order valence-electron chi connectivity index (χ4n) is 3.66. The largest absolute Gasteiger partial charge is 0.481 e.